The summed E-state index contributed by atoms with van der Waals surface area (Å²) in [7, 11) is 0. The molecule has 1 fully saturated rings. The number of fused-ring (bicyclic) bond motifs is 1. The number of nitrogens with one attached hydrogen (secondary N) is 3. The smallest absolute Gasteiger partial charge is 0.259 e. The lowest BCUT2D eigenvalue weighted by Crippen LogP contribution is -2.55. The van der Waals surface area contributed by atoms with Crippen molar-refractivity contribution in [2.45, 2.75) is 38.7 Å². The molecule has 2 aromatic rings. The second kappa shape index (κ2) is 9.38. The van der Waals surface area contributed by atoms with Crippen LogP contribution in [0.2, 0.25) is 5.02 Å². The quantitative estimate of drug-likeness (QED) is 0.511. The SMILES string of the molecule is CC(C)Oc1ccc(Cl)cc1N1CCO[C@H]([C@@H](O)C(=O)Nc2ccc3c(c2)CNC3=N)C1=O. The molecule has 4 rings (SSSR count). The Labute approximate surface area is 196 Å². The van der Waals surface area contributed by atoms with E-state index in [-0.39, 0.29) is 19.3 Å². The number of aliphatic hydroxyl groups excluding tert-OH is 1. The summed E-state index contributed by atoms with van der Waals surface area (Å²) in [6.07, 6.45) is -3.23. The molecule has 2 amide bonds. The summed E-state index contributed by atoms with van der Waals surface area (Å²) in [5.74, 6) is -0.530. The van der Waals surface area contributed by atoms with E-state index in [1.807, 2.05) is 13.8 Å². The molecule has 2 aliphatic rings. The van der Waals surface area contributed by atoms with Crippen LogP contribution in [0, 0.1) is 5.41 Å². The number of rotatable bonds is 6. The van der Waals surface area contributed by atoms with Crippen molar-refractivity contribution in [3.05, 3.63) is 52.5 Å². The summed E-state index contributed by atoms with van der Waals surface area (Å²) in [5.41, 5.74) is 2.53. The van der Waals surface area contributed by atoms with Gasteiger partial charge in [0.1, 0.15) is 11.6 Å². The van der Waals surface area contributed by atoms with Gasteiger partial charge in [0.2, 0.25) is 0 Å². The molecule has 0 bridgehead atoms. The number of morpholine rings is 1. The van der Waals surface area contributed by atoms with Crippen LogP contribution in [0.25, 0.3) is 0 Å². The van der Waals surface area contributed by atoms with Crippen LogP contribution < -0.4 is 20.3 Å². The number of nitrogens with zero attached hydrogens (tertiary/aromatic N) is 1. The van der Waals surface area contributed by atoms with Gasteiger partial charge >= 0.3 is 0 Å². The lowest BCUT2D eigenvalue weighted by atomic mass is 10.1. The van der Waals surface area contributed by atoms with Crippen LogP contribution >= 0.6 is 11.6 Å². The summed E-state index contributed by atoms with van der Waals surface area (Å²) in [6, 6.07) is 10.1. The van der Waals surface area contributed by atoms with Gasteiger partial charge in [-0.15, -0.1) is 0 Å². The van der Waals surface area contributed by atoms with E-state index in [0.29, 0.717) is 34.5 Å². The highest BCUT2D eigenvalue weighted by Crippen LogP contribution is 2.34. The molecule has 0 saturated carbocycles. The molecule has 0 aliphatic carbocycles. The maximum absolute atomic E-state index is 13.2. The number of carbonyl (C=O) groups excluding carboxylic acids is 2. The van der Waals surface area contributed by atoms with Crippen molar-refractivity contribution in [3.63, 3.8) is 0 Å². The Morgan fingerprint density at radius 1 is 1.33 bits per heavy atom. The van der Waals surface area contributed by atoms with Crippen LogP contribution in [-0.2, 0) is 20.9 Å². The van der Waals surface area contributed by atoms with Crippen LogP contribution in [0.4, 0.5) is 11.4 Å². The van der Waals surface area contributed by atoms with Crippen LogP contribution in [0.3, 0.4) is 0 Å². The van der Waals surface area contributed by atoms with Crippen molar-refractivity contribution in [1.82, 2.24) is 5.32 Å². The average Bonchev–Trinajstić information content (AvgIpc) is 3.14. The van der Waals surface area contributed by atoms with E-state index in [4.69, 9.17) is 26.5 Å². The number of benzene rings is 2. The molecule has 9 nitrogen and oxygen atoms in total. The number of ether oxygens (including phenoxy) is 2. The van der Waals surface area contributed by atoms with Crippen molar-refractivity contribution >= 4 is 40.6 Å². The van der Waals surface area contributed by atoms with Crippen LogP contribution in [0.1, 0.15) is 25.0 Å². The second-order valence-electron chi connectivity index (χ2n) is 8.09. The molecule has 0 unspecified atom stereocenters. The minimum atomic E-state index is -1.72. The Hall–Kier alpha value is -3.14. The van der Waals surface area contributed by atoms with Crippen molar-refractivity contribution in [3.8, 4) is 5.75 Å². The number of anilines is 2. The van der Waals surface area contributed by atoms with Gasteiger partial charge in [0, 0.05) is 29.4 Å². The van der Waals surface area contributed by atoms with Gasteiger partial charge in [-0.05, 0) is 55.8 Å². The van der Waals surface area contributed by atoms with E-state index in [1.165, 1.54) is 4.90 Å². The van der Waals surface area contributed by atoms with E-state index in [1.54, 1.807) is 36.4 Å². The number of amidine groups is 1. The molecular weight excluding hydrogens is 448 g/mol. The van der Waals surface area contributed by atoms with Crippen molar-refractivity contribution in [1.29, 1.82) is 5.41 Å². The average molecular weight is 473 g/mol. The van der Waals surface area contributed by atoms with Gasteiger partial charge in [-0.1, -0.05) is 11.6 Å². The zero-order valence-corrected chi connectivity index (χ0v) is 19.0. The first-order valence-electron chi connectivity index (χ1n) is 10.6. The molecule has 4 N–H and O–H groups in total. The first-order chi connectivity index (χ1) is 15.7. The molecule has 10 heteroatoms. The number of aliphatic hydroxyl groups is 1. The zero-order chi connectivity index (χ0) is 23.7. The highest BCUT2D eigenvalue weighted by atomic mass is 35.5. The minimum absolute atomic E-state index is 0.125. The predicted octanol–water partition coefficient (Wildman–Crippen LogP) is 2.29. The molecule has 2 heterocycles. The summed E-state index contributed by atoms with van der Waals surface area (Å²) in [5, 5.41) is 24.4. The van der Waals surface area contributed by atoms with Gasteiger partial charge in [0.05, 0.1) is 18.4 Å². The predicted molar refractivity (Wildman–Crippen MR) is 124 cm³/mol. The molecule has 0 aromatic heterocycles. The molecule has 2 aliphatic heterocycles. The lowest BCUT2D eigenvalue weighted by Gasteiger charge is -2.35. The highest BCUT2D eigenvalue weighted by Gasteiger charge is 2.40. The Bertz CT molecular complexity index is 1110. The molecule has 2 atom stereocenters. The highest BCUT2D eigenvalue weighted by molar-refractivity contribution is 6.31. The van der Waals surface area contributed by atoms with E-state index in [9.17, 15) is 14.7 Å². The summed E-state index contributed by atoms with van der Waals surface area (Å²) < 4.78 is 11.3. The van der Waals surface area contributed by atoms with E-state index in [0.717, 1.165) is 11.1 Å². The normalized spacial score (nSPS) is 18.7. The van der Waals surface area contributed by atoms with Crippen molar-refractivity contribution in [2.24, 2.45) is 0 Å². The lowest BCUT2D eigenvalue weighted by molar-refractivity contribution is -0.150. The fourth-order valence-corrected chi connectivity index (χ4v) is 3.99. The van der Waals surface area contributed by atoms with Gasteiger partial charge in [-0.25, -0.2) is 0 Å². The topological polar surface area (TPSA) is 124 Å². The van der Waals surface area contributed by atoms with Gasteiger partial charge in [0.25, 0.3) is 11.8 Å². The molecule has 174 valence electrons. The Kier molecular flexibility index (Phi) is 6.55. The minimum Gasteiger partial charge on any atom is -0.489 e. The number of hydrogen-bond acceptors (Lipinski definition) is 6. The third-order valence-corrected chi connectivity index (χ3v) is 5.58. The number of halogens is 1. The summed E-state index contributed by atoms with van der Waals surface area (Å²) in [6.45, 7) is 4.58. The zero-order valence-electron chi connectivity index (χ0n) is 18.2. The summed E-state index contributed by atoms with van der Waals surface area (Å²) >= 11 is 6.15. The molecule has 0 radical (unpaired) electrons. The van der Waals surface area contributed by atoms with Crippen molar-refractivity contribution in [2.75, 3.05) is 23.4 Å². The van der Waals surface area contributed by atoms with Crippen LogP contribution in [0.15, 0.2) is 36.4 Å². The molecule has 1 saturated heterocycles. The van der Waals surface area contributed by atoms with Crippen LogP contribution in [-0.4, -0.2) is 54.2 Å². The standard InChI is InChI=1S/C23H25ClN4O5/c1-12(2)33-18-6-3-14(24)10-17(18)28-7-8-32-20(23(28)31)19(29)22(30)27-15-4-5-16-13(9-15)11-26-21(16)25/h3-6,9-10,12,19-20,29H,7-8,11H2,1-2H3,(H2,25,26)(H,27,30)/t19-,20-/m1/s1. The number of amides is 2. The molecule has 0 spiro atoms. The monoisotopic (exact) mass is 472 g/mol. The number of hydrogen-bond donors (Lipinski definition) is 4. The first-order valence-corrected chi connectivity index (χ1v) is 11.0. The number of carbonyl (C=O) groups is 2. The fourth-order valence-electron chi connectivity index (χ4n) is 3.82. The Morgan fingerprint density at radius 3 is 2.88 bits per heavy atom. The van der Waals surface area contributed by atoms with Crippen molar-refractivity contribution < 1.29 is 24.2 Å². The largest absolute Gasteiger partial charge is 0.489 e. The third-order valence-electron chi connectivity index (χ3n) is 5.35. The van der Waals surface area contributed by atoms with E-state index < -0.39 is 24.0 Å². The van der Waals surface area contributed by atoms with Gasteiger partial charge in [-0.2, -0.15) is 0 Å². The maximum atomic E-state index is 13.2. The second-order valence-corrected chi connectivity index (χ2v) is 8.53. The van der Waals surface area contributed by atoms with Gasteiger partial charge in [-0.3, -0.25) is 15.0 Å². The molecule has 33 heavy (non-hydrogen) atoms. The van der Waals surface area contributed by atoms with E-state index in [2.05, 4.69) is 10.6 Å². The Balaban J connectivity index is 1.50. The Morgan fingerprint density at radius 2 is 2.12 bits per heavy atom. The van der Waals surface area contributed by atoms with Gasteiger partial charge in [0.15, 0.2) is 12.2 Å². The summed E-state index contributed by atoms with van der Waals surface area (Å²) in [4.78, 5) is 27.3. The maximum Gasteiger partial charge on any atom is 0.259 e. The third kappa shape index (κ3) is 4.80. The molecular formula is C23H25ClN4O5. The van der Waals surface area contributed by atoms with Crippen LogP contribution in [0.5, 0.6) is 5.75 Å². The van der Waals surface area contributed by atoms with E-state index >= 15 is 0 Å². The van der Waals surface area contributed by atoms with Gasteiger partial charge < -0.3 is 30.1 Å². The first kappa shape index (κ1) is 23.0. The fraction of sp³-hybridized carbons (Fsp3) is 0.348. The molecule has 2 aromatic carbocycles.